The normalized spacial score (nSPS) is 26.3. The molecule has 6 nitrogen and oxygen atoms in total. The third kappa shape index (κ3) is 7.12. The number of carbonyl (C=O) groups excluding carboxylic acids is 4. The van der Waals surface area contributed by atoms with Crippen LogP contribution in [-0.4, -0.2) is 36.7 Å². The maximum absolute atomic E-state index is 12.5. The third-order valence-corrected chi connectivity index (χ3v) is 4.94. The summed E-state index contributed by atoms with van der Waals surface area (Å²) >= 11 is 0. The topological polar surface area (TPSA) is 86.7 Å². The minimum Gasteiger partial charge on any atom is -0.466 e. The molecule has 0 aromatic carbocycles. The van der Waals surface area contributed by atoms with Gasteiger partial charge in [-0.1, -0.05) is 12.5 Å². The van der Waals surface area contributed by atoms with Gasteiger partial charge in [-0.15, -0.1) is 0 Å². The summed E-state index contributed by atoms with van der Waals surface area (Å²) in [5.41, 5.74) is 1.11. The number of hydrogen-bond donors (Lipinski definition) is 0. The van der Waals surface area contributed by atoms with Gasteiger partial charge in [0.2, 0.25) is 0 Å². The van der Waals surface area contributed by atoms with Gasteiger partial charge in [0.15, 0.2) is 11.6 Å². The van der Waals surface area contributed by atoms with Gasteiger partial charge in [0.05, 0.1) is 7.11 Å². The van der Waals surface area contributed by atoms with Gasteiger partial charge in [-0.05, 0) is 57.6 Å². The Hall–Kier alpha value is -2.24. The monoisotopic (exact) mass is 378 g/mol. The Morgan fingerprint density at radius 2 is 1.63 bits per heavy atom. The van der Waals surface area contributed by atoms with Crippen molar-refractivity contribution in [1.29, 1.82) is 0 Å². The summed E-state index contributed by atoms with van der Waals surface area (Å²) in [6.45, 7) is 8.31. The van der Waals surface area contributed by atoms with E-state index in [9.17, 15) is 19.2 Å². The Morgan fingerprint density at radius 1 is 1.00 bits per heavy atom. The Balaban J connectivity index is 3.16. The van der Waals surface area contributed by atoms with E-state index in [1.165, 1.54) is 34.0 Å². The van der Waals surface area contributed by atoms with Crippen LogP contribution in [0.15, 0.2) is 23.3 Å². The molecule has 4 atom stereocenters. The number of hydrogen-bond acceptors (Lipinski definition) is 6. The van der Waals surface area contributed by atoms with Gasteiger partial charge in [0.25, 0.3) is 0 Å². The predicted molar refractivity (Wildman–Crippen MR) is 101 cm³/mol. The SMILES string of the molecule is COC(=O)/C(C)=C\C(=O)C[C@@H]1[C@H](OC(C)=O)C[C@H](C)C[C@H]1/C(C)=C/C(C)=O. The second-order valence-electron chi connectivity index (χ2n) is 7.48. The zero-order valence-corrected chi connectivity index (χ0v) is 17.0. The highest BCUT2D eigenvalue weighted by Crippen LogP contribution is 2.41. The fourth-order valence-corrected chi connectivity index (χ4v) is 3.86. The van der Waals surface area contributed by atoms with Gasteiger partial charge >= 0.3 is 11.9 Å². The molecule has 27 heavy (non-hydrogen) atoms. The summed E-state index contributed by atoms with van der Waals surface area (Å²) in [6.07, 6.45) is 4.07. The molecule has 1 saturated carbocycles. The number of methoxy groups -OCH3 is 1. The van der Waals surface area contributed by atoms with Crippen LogP contribution in [0.4, 0.5) is 0 Å². The number of rotatable bonds is 7. The highest BCUT2D eigenvalue weighted by Gasteiger charge is 2.39. The number of ketones is 2. The summed E-state index contributed by atoms with van der Waals surface area (Å²) in [4.78, 5) is 47.2. The van der Waals surface area contributed by atoms with Gasteiger partial charge in [0, 0.05) is 24.8 Å². The molecular weight excluding hydrogens is 348 g/mol. The van der Waals surface area contributed by atoms with Crippen LogP contribution in [0.25, 0.3) is 0 Å². The summed E-state index contributed by atoms with van der Waals surface area (Å²) < 4.78 is 10.1. The van der Waals surface area contributed by atoms with E-state index in [0.29, 0.717) is 12.3 Å². The van der Waals surface area contributed by atoms with Crippen LogP contribution >= 0.6 is 0 Å². The number of allylic oxidation sites excluding steroid dienone is 3. The van der Waals surface area contributed by atoms with Crippen molar-refractivity contribution in [2.24, 2.45) is 17.8 Å². The van der Waals surface area contributed by atoms with Crippen molar-refractivity contribution in [3.8, 4) is 0 Å². The largest absolute Gasteiger partial charge is 0.466 e. The molecule has 0 aromatic heterocycles. The maximum Gasteiger partial charge on any atom is 0.333 e. The Morgan fingerprint density at radius 3 is 2.15 bits per heavy atom. The Kier molecular flexibility index (Phi) is 8.60. The Bertz CT molecular complexity index is 658. The first-order valence-corrected chi connectivity index (χ1v) is 9.20. The molecule has 0 unspecified atom stereocenters. The summed E-state index contributed by atoms with van der Waals surface area (Å²) in [7, 11) is 1.26. The van der Waals surface area contributed by atoms with E-state index in [-0.39, 0.29) is 41.4 Å². The smallest absolute Gasteiger partial charge is 0.333 e. The van der Waals surface area contributed by atoms with Crippen molar-refractivity contribution in [3.63, 3.8) is 0 Å². The zero-order chi connectivity index (χ0) is 20.7. The fraction of sp³-hybridized carbons (Fsp3) is 0.619. The first-order valence-electron chi connectivity index (χ1n) is 9.20. The van der Waals surface area contributed by atoms with Crippen LogP contribution in [0.5, 0.6) is 0 Å². The van der Waals surface area contributed by atoms with Crippen LogP contribution in [-0.2, 0) is 28.7 Å². The predicted octanol–water partition coefficient (Wildman–Crippen LogP) is 3.19. The average Bonchev–Trinajstić information content (AvgIpc) is 2.54. The van der Waals surface area contributed by atoms with Crippen LogP contribution in [0.3, 0.4) is 0 Å². The van der Waals surface area contributed by atoms with E-state index in [1.807, 2.05) is 6.92 Å². The number of esters is 2. The minimum atomic E-state index is -0.554. The van der Waals surface area contributed by atoms with E-state index in [1.54, 1.807) is 6.08 Å². The van der Waals surface area contributed by atoms with E-state index in [0.717, 1.165) is 12.0 Å². The molecular formula is C21H30O6. The summed E-state index contributed by atoms with van der Waals surface area (Å²) in [5, 5.41) is 0. The first-order chi connectivity index (χ1) is 12.5. The first kappa shape index (κ1) is 22.8. The molecule has 0 radical (unpaired) electrons. The molecule has 1 aliphatic carbocycles. The third-order valence-electron chi connectivity index (χ3n) is 4.94. The van der Waals surface area contributed by atoms with Gasteiger partial charge in [0.1, 0.15) is 6.10 Å². The molecule has 0 amide bonds. The molecule has 150 valence electrons. The van der Waals surface area contributed by atoms with Crippen LogP contribution in [0, 0.1) is 17.8 Å². The fourth-order valence-electron chi connectivity index (χ4n) is 3.86. The lowest BCUT2D eigenvalue weighted by Crippen LogP contribution is -2.40. The Labute approximate surface area is 161 Å². The van der Waals surface area contributed by atoms with E-state index < -0.39 is 12.1 Å². The average molecular weight is 378 g/mol. The molecule has 0 bridgehead atoms. The highest BCUT2D eigenvalue weighted by molar-refractivity contribution is 5.99. The second-order valence-corrected chi connectivity index (χ2v) is 7.48. The lowest BCUT2D eigenvalue weighted by Gasteiger charge is -2.40. The van der Waals surface area contributed by atoms with Crippen LogP contribution in [0.2, 0.25) is 0 Å². The molecule has 1 rings (SSSR count). The summed E-state index contributed by atoms with van der Waals surface area (Å²) in [5.74, 6) is -1.21. The van der Waals surface area contributed by atoms with Crippen molar-refractivity contribution in [3.05, 3.63) is 23.3 Å². The van der Waals surface area contributed by atoms with Crippen molar-refractivity contribution < 1.29 is 28.7 Å². The van der Waals surface area contributed by atoms with E-state index in [4.69, 9.17) is 4.74 Å². The lowest BCUT2D eigenvalue weighted by atomic mass is 9.68. The number of carbonyl (C=O) groups is 4. The van der Waals surface area contributed by atoms with E-state index >= 15 is 0 Å². The summed E-state index contributed by atoms with van der Waals surface area (Å²) in [6, 6.07) is 0. The minimum absolute atomic E-state index is 0.0437. The van der Waals surface area contributed by atoms with Crippen LogP contribution in [0.1, 0.15) is 53.9 Å². The van der Waals surface area contributed by atoms with Crippen molar-refractivity contribution in [1.82, 2.24) is 0 Å². The van der Waals surface area contributed by atoms with Gasteiger partial charge in [-0.25, -0.2) is 4.79 Å². The molecule has 0 N–H and O–H groups in total. The van der Waals surface area contributed by atoms with E-state index in [2.05, 4.69) is 11.7 Å². The molecule has 6 heteroatoms. The van der Waals surface area contributed by atoms with Crippen LogP contribution < -0.4 is 0 Å². The maximum atomic E-state index is 12.5. The number of ether oxygens (including phenoxy) is 2. The van der Waals surface area contributed by atoms with Crippen molar-refractivity contribution >= 4 is 23.5 Å². The second kappa shape index (κ2) is 10.2. The lowest BCUT2D eigenvalue weighted by molar-refractivity contribution is -0.154. The quantitative estimate of drug-likeness (QED) is 0.499. The van der Waals surface area contributed by atoms with Crippen molar-refractivity contribution in [2.75, 3.05) is 7.11 Å². The molecule has 0 saturated heterocycles. The molecule has 0 heterocycles. The highest BCUT2D eigenvalue weighted by atomic mass is 16.5. The molecule has 1 fully saturated rings. The standard InChI is InChI=1S/C21H30O6/c1-12-7-18(13(2)9-15(4)22)19(20(8-12)27-16(5)23)11-17(24)10-14(3)21(25)26-6/h9-10,12,18-20H,7-8,11H2,1-6H3/b13-9+,14-10-/t12-,18+,19+,20-/m1/s1. The molecule has 0 aliphatic heterocycles. The zero-order valence-electron chi connectivity index (χ0n) is 17.0. The molecule has 1 aliphatic rings. The van der Waals surface area contributed by atoms with Gasteiger partial charge < -0.3 is 9.47 Å². The van der Waals surface area contributed by atoms with Gasteiger partial charge in [-0.2, -0.15) is 0 Å². The van der Waals surface area contributed by atoms with Crippen molar-refractivity contribution in [2.45, 2.75) is 60.0 Å². The molecule has 0 aromatic rings. The van der Waals surface area contributed by atoms with Gasteiger partial charge in [-0.3, -0.25) is 14.4 Å². The molecule has 0 spiro atoms.